The monoisotopic (exact) mass is 494 g/mol. The van der Waals surface area contributed by atoms with Crippen LogP contribution in [0.15, 0.2) is 47.3 Å². The summed E-state index contributed by atoms with van der Waals surface area (Å²) in [6, 6.07) is 12.3. The lowest BCUT2D eigenvalue weighted by atomic mass is 10.1. The summed E-state index contributed by atoms with van der Waals surface area (Å²) in [5, 5.41) is 3.76. The summed E-state index contributed by atoms with van der Waals surface area (Å²) in [6.45, 7) is 5.25. The molecule has 0 spiro atoms. The lowest BCUT2D eigenvalue weighted by molar-refractivity contribution is 0.0349. The van der Waals surface area contributed by atoms with Crippen molar-refractivity contribution in [1.82, 2.24) is 14.8 Å². The van der Waals surface area contributed by atoms with Gasteiger partial charge >= 0.3 is 6.03 Å². The van der Waals surface area contributed by atoms with Gasteiger partial charge in [0.15, 0.2) is 11.5 Å². The number of amides is 2. The predicted molar refractivity (Wildman–Crippen MR) is 135 cm³/mol. The van der Waals surface area contributed by atoms with Crippen molar-refractivity contribution in [3.63, 3.8) is 0 Å². The first-order valence-corrected chi connectivity index (χ1v) is 12.0. The average molecular weight is 495 g/mol. The molecule has 190 valence electrons. The number of benzene rings is 2. The lowest BCUT2D eigenvalue weighted by Crippen LogP contribution is -2.44. The standard InChI is InChI=1S/C26H30N4O6/c1-33-21-4-2-20(3-5-21)27-26(32)30(7-6-29-8-10-34-11-9-29)17-19-14-18-15-23-24(36-13-12-35-23)16-22(18)28-25(19)31/h2-5,14-16H,6-13,17H2,1H3,(H,27,32)(H,28,31). The van der Waals surface area contributed by atoms with Crippen LogP contribution in [0.25, 0.3) is 10.9 Å². The molecule has 0 aliphatic carbocycles. The van der Waals surface area contributed by atoms with Crippen molar-refractivity contribution in [3.05, 3.63) is 58.4 Å². The second-order valence-corrected chi connectivity index (χ2v) is 8.74. The van der Waals surface area contributed by atoms with E-state index in [1.165, 1.54) is 0 Å². The maximum Gasteiger partial charge on any atom is 0.322 e. The average Bonchev–Trinajstić information content (AvgIpc) is 2.91. The van der Waals surface area contributed by atoms with Crippen LogP contribution in [0.4, 0.5) is 10.5 Å². The molecule has 10 heteroatoms. The zero-order chi connectivity index (χ0) is 24.9. The van der Waals surface area contributed by atoms with Gasteiger partial charge in [0.2, 0.25) is 0 Å². The van der Waals surface area contributed by atoms with Gasteiger partial charge in [-0.1, -0.05) is 0 Å². The molecule has 10 nitrogen and oxygen atoms in total. The fourth-order valence-corrected chi connectivity index (χ4v) is 4.33. The number of rotatable bonds is 7. The second kappa shape index (κ2) is 10.9. The first-order chi connectivity index (χ1) is 17.6. The number of urea groups is 1. The van der Waals surface area contributed by atoms with E-state index in [1.54, 1.807) is 42.3 Å². The van der Waals surface area contributed by atoms with Gasteiger partial charge in [-0.15, -0.1) is 0 Å². The number of pyridine rings is 1. The second-order valence-electron chi connectivity index (χ2n) is 8.74. The smallest absolute Gasteiger partial charge is 0.322 e. The van der Waals surface area contributed by atoms with Crippen molar-refractivity contribution in [1.29, 1.82) is 0 Å². The van der Waals surface area contributed by atoms with Crippen molar-refractivity contribution in [3.8, 4) is 17.2 Å². The van der Waals surface area contributed by atoms with Crippen LogP contribution in [-0.2, 0) is 11.3 Å². The molecule has 0 bridgehead atoms. The largest absolute Gasteiger partial charge is 0.497 e. The number of carbonyl (C=O) groups excluding carboxylic acids is 1. The molecule has 2 amide bonds. The lowest BCUT2D eigenvalue weighted by Gasteiger charge is -2.30. The minimum atomic E-state index is -0.282. The highest BCUT2D eigenvalue weighted by atomic mass is 16.6. The number of ether oxygens (including phenoxy) is 4. The minimum Gasteiger partial charge on any atom is -0.497 e. The Morgan fingerprint density at radius 1 is 1.06 bits per heavy atom. The predicted octanol–water partition coefficient (Wildman–Crippen LogP) is 2.67. The van der Waals surface area contributed by atoms with Crippen molar-refractivity contribution in [2.45, 2.75) is 6.54 Å². The van der Waals surface area contributed by atoms with Crippen LogP contribution in [0, 0.1) is 0 Å². The Kier molecular flexibility index (Phi) is 7.24. The van der Waals surface area contributed by atoms with E-state index in [4.69, 9.17) is 18.9 Å². The Hall–Kier alpha value is -3.76. The van der Waals surface area contributed by atoms with Gasteiger partial charge in [-0.05, 0) is 36.4 Å². The van der Waals surface area contributed by atoms with Gasteiger partial charge in [-0.25, -0.2) is 4.79 Å². The van der Waals surface area contributed by atoms with Gasteiger partial charge in [0.25, 0.3) is 5.56 Å². The molecule has 1 aromatic heterocycles. The van der Waals surface area contributed by atoms with Gasteiger partial charge in [0.1, 0.15) is 19.0 Å². The molecule has 1 saturated heterocycles. The summed E-state index contributed by atoms with van der Waals surface area (Å²) >= 11 is 0. The quantitative estimate of drug-likeness (QED) is 0.520. The number of carbonyl (C=O) groups is 1. The summed E-state index contributed by atoms with van der Waals surface area (Å²) < 4.78 is 22.0. The minimum absolute atomic E-state index is 0.159. The zero-order valence-electron chi connectivity index (χ0n) is 20.2. The number of nitrogens with one attached hydrogen (secondary N) is 2. The SMILES string of the molecule is COc1ccc(NC(=O)N(CCN2CCOCC2)Cc2cc3cc4c(cc3[nH]c2=O)OCCO4)cc1. The molecule has 2 aliphatic heterocycles. The molecular formula is C26H30N4O6. The molecule has 0 saturated carbocycles. The molecule has 2 aromatic carbocycles. The maximum atomic E-state index is 13.3. The van der Waals surface area contributed by atoms with Crippen molar-refractivity contribution in [2.24, 2.45) is 0 Å². The van der Waals surface area contributed by atoms with E-state index in [-0.39, 0.29) is 18.1 Å². The molecule has 3 aromatic rings. The molecule has 0 atom stereocenters. The van der Waals surface area contributed by atoms with Crippen LogP contribution in [0.3, 0.4) is 0 Å². The number of hydrogen-bond donors (Lipinski definition) is 2. The molecular weight excluding hydrogens is 464 g/mol. The van der Waals surface area contributed by atoms with E-state index < -0.39 is 0 Å². The highest BCUT2D eigenvalue weighted by molar-refractivity contribution is 5.89. The Labute approximate surface area is 208 Å². The van der Waals surface area contributed by atoms with E-state index in [2.05, 4.69) is 15.2 Å². The van der Waals surface area contributed by atoms with Crippen LogP contribution in [0.2, 0.25) is 0 Å². The van der Waals surface area contributed by atoms with E-state index in [0.717, 1.165) is 18.5 Å². The number of methoxy groups -OCH3 is 1. The highest BCUT2D eigenvalue weighted by Crippen LogP contribution is 2.33. The van der Waals surface area contributed by atoms with Gasteiger partial charge in [-0.2, -0.15) is 0 Å². The first-order valence-electron chi connectivity index (χ1n) is 12.0. The van der Waals surface area contributed by atoms with Crippen molar-refractivity contribution >= 4 is 22.6 Å². The summed E-state index contributed by atoms with van der Waals surface area (Å²) in [6.07, 6.45) is 0. The molecule has 1 fully saturated rings. The zero-order valence-corrected chi connectivity index (χ0v) is 20.2. The number of anilines is 1. The molecule has 2 N–H and O–H groups in total. The number of nitrogens with zero attached hydrogens (tertiary/aromatic N) is 2. The molecule has 0 radical (unpaired) electrons. The first kappa shape index (κ1) is 24.0. The van der Waals surface area contributed by atoms with E-state index in [1.807, 2.05) is 12.1 Å². The van der Waals surface area contributed by atoms with Gasteiger partial charge < -0.3 is 34.1 Å². The van der Waals surface area contributed by atoms with Crippen LogP contribution in [0.1, 0.15) is 5.56 Å². The molecule has 0 unspecified atom stereocenters. The highest BCUT2D eigenvalue weighted by Gasteiger charge is 2.20. The third-order valence-electron chi connectivity index (χ3n) is 6.36. The Morgan fingerprint density at radius 2 is 1.78 bits per heavy atom. The normalized spacial score (nSPS) is 15.5. The fourth-order valence-electron chi connectivity index (χ4n) is 4.33. The number of H-pyrrole nitrogens is 1. The Balaban J connectivity index is 1.37. The van der Waals surface area contributed by atoms with E-state index in [9.17, 15) is 9.59 Å². The third kappa shape index (κ3) is 5.55. The number of morpholine rings is 1. The molecule has 2 aliphatic rings. The fraction of sp³-hybridized carbons (Fsp3) is 0.385. The summed E-state index contributed by atoms with van der Waals surface area (Å²) in [5.41, 5.74) is 1.56. The number of fused-ring (bicyclic) bond motifs is 2. The van der Waals surface area contributed by atoms with Gasteiger partial charge in [0.05, 0.1) is 32.4 Å². The number of aromatic amines is 1. The van der Waals surface area contributed by atoms with Crippen LogP contribution < -0.4 is 25.1 Å². The molecule has 3 heterocycles. The van der Waals surface area contributed by atoms with Gasteiger partial charge in [0, 0.05) is 48.9 Å². The molecule has 36 heavy (non-hydrogen) atoms. The number of aromatic nitrogens is 1. The Morgan fingerprint density at radius 3 is 2.50 bits per heavy atom. The summed E-state index contributed by atoms with van der Waals surface area (Å²) in [4.78, 5) is 33.1. The Bertz CT molecular complexity index is 1270. The third-order valence-corrected chi connectivity index (χ3v) is 6.36. The van der Waals surface area contributed by atoms with Gasteiger partial charge in [-0.3, -0.25) is 9.69 Å². The van der Waals surface area contributed by atoms with Crippen molar-refractivity contribution in [2.75, 3.05) is 65.0 Å². The number of hydrogen-bond acceptors (Lipinski definition) is 7. The maximum absolute atomic E-state index is 13.3. The van der Waals surface area contributed by atoms with E-state index in [0.29, 0.717) is 73.5 Å². The molecule has 5 rings (SSSR count). The van der Waals surface area contributed by atoms with Crippen molar-refractivity contribution < 1.29 is 23.7 Å². The van der Waals surface area contributed by atoms with Crippen LogP contribution in [0.5, 0.6) is 17.2 Å². The topological polar surface area (TPSA) is 105 Å². The van der Waals surface area contributed by atoms with E-state index >= 15 is 0 Å². The van der Waals surface area contributed by atoms with Crippen LogP contribution in [-0.4, -0.2) is 80.5 Å². The van der Waals surface area contributed by atoms with Crippen LogP contribution >= 0.6 is 0 Å². The summed E-state index contributed by atoms with van der Waals surface area (Å²) in [5.74, 6) is 1.97. The summed E-state index contributed by atoms with van der Waals surface area (Å²) in [7, 11) is 1.59.